The van der Waals surface area contributed by atoms with Gasteiger partial charge in [-0.2, -0.15) is 0 Å². The predicted molar refractivity (Wildman–Crippen MR) is 80.5 cm³/mol. The first-order valence-corrected chi connectivity index (χ1v) is 7.25. The van der Waals surface area contributed by atoms with E-state index in [4.69, 9.17) is 11.6 Å². The van der Waals surface area contributed by atoms with E-state index in [1.54, 1.807) is 4.57 Å². The standard InChI is InChI=1S/C16H17ClN2O/c1-10-5-11(2)7-12(6-10)9-19-15(20)8-14(17)18-16(19)13-3-4-13/h5-8,13H,3-4,9H2,1-2H3. The Kier molecular flexibility index (Phi) is 3.38. The number of aromatic nitrogens is 2. The van der Waals surface area contributed by atoms with Gasteiger partial charge in [-0.1, -0.05) is 40.9 Å². The van der Waals surface area contributed by atoms with E-state index in [-0.39, 0.29) is 5.56 Å². The van der Waals surface area contributed by atoms with Crippen LogP contribution < -0.4 is 5.56 Å². The van der Waals surface area contributed by atoms with E-state index >= 15 is 0 Å². The highest BCUT2D eigenvalue weighted by atomic mass is 35.5. The van der Waals surface area contributed by atoms with Gasteiger partial charge in [0.25, 0.3) is 5.56 Å². The van der Waals surface area contributed by atoms with Crippen LogP contribution in [0.5, 0.6) is 0 Å². The molecule has 104 valence electrons. The van der Waals surface area contributed by atoms with Crippen molar-refractivity contribution < 1.29 is 0 Å². The van der Waals surface area contributed by atoms with Crippen molar-refractivity contribution in [1.29, 1.82) is 0 Å². The Bertz CT molecular complexity index is 697. The van der Waals surface area contributed by atoms with E-state index in [0.717, 1.165) is 24.2 Å². The summed E-state index contributed by atoms with van der Waals surface area (Å²) in [6, 6.07) is 7.76. The lowest BCUT2D eigenvalue weighted by molar-refractivity contribution is 0.669. The molecule has 3 nitrogen and oxygen atoms in total. The number of hydrogen-bond acceptors (Lipinski definition) is 2. The van der Waals surface area contributed by atoms with Gasteiger partial charge in [0.15, 0.2) is 0 Å². The Hall–Kier alpha value is -1.61. The normalized spacial score (nSPS) is 14.6. The Morgan fingerprint density at radius 2 is 1.85 bits per heavy atom. The molecular weight excluding hydrogens is 272 g/mol. The highest BCUT2D eigenvalue weighted by Crippen LogP contribution is 2.38. The molecule has 0 radical (unpaired) electrons. The molecule has 0 bridgehead atoms. The second-order valence-electron chi connectivity index (χ2n) is 5.63. The summed E-state index contributed by atoms with van der Waals surface area (Å²) in [4.78, 5) is 16.6. The van der Waals surface area contributed by atoms with Gasteiger partial charge < -0.3 is 0 Å². The fourth-order valence-electron chi connectivity index (χ4n) is 2.65. The van der Waals surface area contributed by atoms with Crippen molar-refractivity contribution in [1.82, 2.24) is 9.55 Å². The van der Waals surface area contributed by atoms with Gasteiger partial charge in [-0.15, -0.1) is 0 Å². The number of nitrogens with zero attached hydrogens (tertiary/aromatic N) is 2. The number of benzene rings is 1. The summed E-state index contributed by atoms with van der Waals surface area (Å²) in [5.74, 6) is 1.23. The lowest BCUT2D eigenvalue weighted by atomic mass is 10.1. The Balaban J connectivity index is 2.03. The molecule has 0 spiro atoms. The van der Waals surface area contributed by atoms with Crippen molar-refractivity contribution in [2.24, 2.45) is 0 Å². The monoisotopic (exact) mass is 288 g/mol. The number of hydrogen-bond donors (Lipinski definition) is 0. The first-order valence-electron chi connectivity index (χ1n) is 6.87. The van der Waals surface area contributed by atoms with Crippen LogP contribution in [0.25, 0.3) is 0 Å². The molecule has 1 aliphatic rings. The summed E-state index contributed by atoms with van der Waals surface area (Å²) in [5.41, 5.74) is 3.49. The molecule has 0 unspecified atom stereocenters. The highest BCUT2D eigenvalue weighted by Gasteiger charge is 2.29. The van der Waals surface area contributed by atoms with Gasteiger partial charge in [0.2, 0.25) is 0 Å². The molecular formula is C16H17ClN2O. The molecule has 0 N–H and O–H groups in total. The molecule has 1 fully saturated rings. The van der Waals surface area contributed by atoms with Gasteiger partial charge in [0, 0.05) is 12.0 Å². The van der Waals surface area contributed by atoms with E-state index in [1.807, 2.05) is 0 Å². The quantitative estimate of drug-likeness (QED) is 0.811. The minimum atomic E-state index is -0.0638. The SMILES string of the molecule is Cc1cc(C)cc(Cn2c(C3CC3)nc(Cl)cc2=O)c1. The second kappa shape index (κ2) is 5.06. The smallest absolute Gasteiger partial charge is 0.255 e. The number of aryl methyl sites for hydroxylation is 2. The largest absolute Gasteiger partial charge is 0.292 e. The van der Waals surface area contributed by atoms with Crippen LogP contribution in [0.3, 0.4) is 0 Å². The van der Waals surface area contributed by atoms with Gasteiger partial charge in [-0.25, -0.2) is 4.98 Å². The highest BCUT2D eigenvalue weighted by molar-refractivity contribution is 6.29. The summed E-state index contributed by atoms with van der Waals surface area (Å²) in [7, 11) is 0. The molecule has 1 aromatic heterocycles. The van der Waals surface area contributed by atoms with Gasteiger partial charge in [0.05, 0.1) is 6.54 Å². The minimum absolute atomic E-state index is 0.0638. The molecule has 0 saturated heterocycles. The Morgan fingerprint density at radius 3 is 2.45 bits per heavy atom. The second-order valence-corrected chi connectivity index (χ2v) is 6.02. The van der Waals surface area contributed by atoms with Gasteiger partial charge in [0.1, 0.15) is 11.0 Å². The van der Waals surface area contributed by atoms with Crippen molar-refractivity contribution >= 4 is 11.6 Å². The van der Waals surface area contributed by atoms with Crippen LogP contribution in [0.2, 0.25) is 5.15 Å². The molecule has 1 aliphatic carbocycles. The van der Waals surface area contributed by atoms with Gasteiger partial charge in [-0.3, -0.25) is 9.36 Å². The molecule has 1 aromatic carbocycles. The van der Waals surface area contributed by atoms with Crippen LogP contribution >= 0.6 is 11.6 Å². The maximum Gasteiger partial charge on any atom is 0.255 e. The van der Waals surface area contributed by atoms with Crippen molar-refractivity contribution in [2.75, 3.05) is 0 Å². The predicted octanol–water partition coefficient (Wildman–Crippen LogP) is 3.44. The fourth-order valence-corrected chi connectivity index (χ4v) is 2.83. The third-order valence-corrected chi connectivity index (χ3v) is 3.76. The lowest BCUT2D eigenvalue weighted by Gasteiger charge is -2.12. The first-order chi connectivity index (χ1) is 9.52. The van der Waals surface area contributed by atoms with Crippen molar-refractivity contribution in [3.63, 3.8) is 0 Å². The van der Waals surface area contributed by atoms with Crippen molar-refractivity contribution in [3.8, 4) is 0 Å². The van der Waals surface area contributed by atoms with Crippen molar-refractivity contribution in [2.45, 2.75) is 39.2 Å². The summed E-state index contributed by atoms with van der Waals surface area (Å²) < 4.78 is 1.76. The fraction of sp³-hybridized carbons (Fsp3) is 0.375. The van der Waals surface area contributed by atoms with Crippen LogP contribution in [0.1, 0.15) is 41.3 Å². The van der Waals surface area contributed by atoms with E-state index in [0.29, 0.717) is 17.6 Å². The average Bonchev–Trinajstić information content (AvgIpc) is 3.15. The minimum Gasteiger partial charge on any atom is -0.292 e. The van der Waals surface area contributed by atoms with Crippen LogP contribution in [0.4, 0.5) is 0 Å². The zero-order chi connectivity index (χ0) is 14.3. The van der Waals surface area contributed by atoms with Crippen LogP contribution in [0.15, 0.2) is 29.1 Å². The maximum absolute atomic E-state index is 12.2. The van der Waals surface area contributed by atoms with Crippen LogP contribution in [-0.4, -0.2) is 9.55 Å². The van der Waals surface area contributed by atoms with E-state index in [1.165, 1.54) is 17.2 Å². The average molecular weight is 289 g/mol. The lowest BCUT2D eigenvalue weighted by Crippen LogP contribution is -2.24. The molecule has 20 heavy (non-hydrogen) atoms. The summed E-state index contributed by atoms with van der Waals surface area (Å²) >= 11 is 5.92. The molecule has 2 aromatic rings. The Labute approximate surface area is 123 Å². The molecule has 3 rings (SSSR count). The van der Waals surface area contributed by atoms with E-state index in [2.05, 4.69) is 37.0 Å². The zero-order valence-corrected chi connectivity index (χ0v) is 12.4. The molecule has 1 saturated carbocycles. The topological polar surface area (TPSA) is 34.9 Å². The maximum atomic E-state index is 12.2. The van der Waals surface area contributed by atoms with E-state index < -0.39 is 0 Å². The summed E-state index contributed by atoms with van der Waals surface area (Å²) in [6.07, 6.45) is 2.19. The molecule has 0 amide bonds. The van der Waals surface area contributed by atoms with E-state index in [9.17, 15) is 4.79 Å². The summed E-state index contributed by atoms with van der Waals surface area (Å²) in [5, 5.41) is 0.300. The number of halogens is 1. The molecule has 0 atom stereocenters. The zero-order valence-electron chi connectivity index (χ0n) is 11.7. The molecule has 1 heterocycles. The van der Waals surface area contributed by atoms with Gasteiger partial charge >= 0.3 is 0 Å². The van der Waals surface area contributed by atoms with Crippen LogP contribution in [0, 0.1) is 13.8 Å². The first kappa shape index (κ1) is 13.4. The van der Waals surface area contributed by atoms with Crippen molar-refractivity contribution in [3.05, 3.63) is 62.3 Å². The van der Waals surface area contributed by atoms with Gasteiger partial charge in [-0.05, 0) is 32.3 Å². The summed E-state index contributed by atoms with van der Waals surface area (Å²) in [6.45, 7) is 4.71. The Morgan fingerprint density at radius 1 is 1.20 bits per heavy atom. The third-order valence-electron chi connectivity index (χ3n) is 3.57. The molecule has 0 aliphatic heterocycles. The third kappa shape index (κ3) is 2.78. The molecule has 4 heteroatoms. The van der Waals surface area contributed by atoms with Crippen LogP contribution in [-0.2, 0) is 6.54 Å². The number of rotatable bonds is 3.